The summed E-state index contributed by atoms with van der Waals surface area (Å²) in [5, 5.41) is 0.374. The monoisotopic (exact) mass is 392 g/mol. The Morgan fingerprint density at radius 1 is 1.00 bits per heavy atom. The van der Waals surface area contributed by atoms with Crippen LogP contribution in [0.25, 0.3) is 0 Å². The van der Waals surface area contributed by atoms with Gasteiger partial charge in [-0.3, -0.25) is 20.4 Å². The van der Waals surface area contributed by atoms with Gasteiger partial charge in [-0.25, -0.2) is 0 Å². The van der Waals surface area contributed by atoms with Crippen molar-refractivity contribution in [2.45, 2.75) is 13.3 Å². The van der Waals surface area contributed by atoms with Gasteiger partial charge in [0.05, 0.1) is 19.3 Å². The molecule has 0 aliphatic heterocycles. The summed E-state index contributed by atoms with van der Waals surface area (Å²) in [6, 6.07) is 11.7. The maximum atomic E-state index is 12.2. The highest BCUT2D eigenvalue weighted by Crippen LogP contribution is 2.26. The van der Waals surface area contributed by atoms with Crippen LogP contribution in [0, 0.1) is 0 Å². The van der Waals surface area contributed by atoms with Crippen molar-refractivity contribution in [3.05, 3.63) is 53.1 Å². The van der Waals surface area contributed by atoms with Crippen molar-refractivity contribution in [1.29, 1.82) is 0 Å². The number of hydrogen-bond donors (Lipinski definition) is 2. The Hall–Kier alpha value is -2.93. The zero-order valence-electron chi connectivity index (χ0n) is 15.1. The first-order chi connectivity index (χ1) is 13.0. The summed E-state index contributed by atoms with van der Waals surface area (Å²) in [7, 11) is 1.44. The zero-order chi connectivity index (χ0) is 19.6. The van der Waals surface area contributed by atoms with Crippen LogP contribution in [-0.2, 0) is 4.79 Å². The van der Waals surface area contributed by atoms with E-state index in [2.05, 4.69) is 10.9 Å². The van der Waals surface area contributed by atoms with Crippen molar-refractivity contribution in [3.63, 3.8) is 0 Å². The second kappa shape index (κ2) is 10.3. The van der Waals surface area contributed by atoms with Crippen molar-refractivity contribution in [1.82, 2.24) is 10.9 Å². The number of carbonyl (C=O) groups excluding carboxylic acids is 2. The molecule has 0 fully saturated rings. The molecule has 0 atom stereocenters. The van der Waals surface area contributed by atoms with Crippen LogP contribution in [0.1, 0.15) is 23.7 Å². The maximum absolute atomic E-state index is 12.2. The average molecular weight is 393 g/mol. The molecule has 8 heteroatoms. The van der Waals surface area contributed by atoms with E-state index >= 15 is 0 Å². The van der Waals surface area contributed by atoms with Crippen molar-refractivity contribution in [2.24, 2.45) is 0 Å². The highest BCUT2D eigenvalue weighted by molar-refractivity contribution is 6.31. The number of hydrogen-bond acceptors (Lipinski definition) is 5. The Kier molecular flexibility index (Phi) is 7.76. The van der Waals surface area contributed by atoms with Crippen LogP contribution in [-0.4, -0.2) is 32.1 Å². The van der Waals surface area contributed by atoms with Crippen molar-refractivity contribution in [2.75, 3.05) is 20.3 Å². The number of methoxy groups -OCH3 is 1. The lowest BCUT2D eigenvalue weighted by atomic mass is 10.2. The Labute approximate surface area is 162 Å². The van der Waals surface area contributed by atoms with Gasteiger partial charge in [-0.2, -0.15) is 0 Å². The van der Waals surface area contributed by atoms with Crippen LogP contribution in [0.15, 0.2) is 42.5 Å². The maximum Gasteiger partial charge on any atom is 0.276 e. The molecule has 0 aliphatic carbocycles. The number of benzene rings is 2. The van der Waals surface area contributed by atoms with Crippen LogP contribution >= 0.6 is 11.6 Å². The topological polar surface area (TPSA) is 85.9 Å². The normalized spacial score (nSPS) is 10.0. The van der Waals surface area contributed by atoms with Crippen LogP contribution in [0.4, 0.5) is 0 Å². The van der Waals surface area contributed by atoms with E-state index in [9.17, 15) is 9.59 Å². The quantitative estimate of drug-likeness (QED) is 0.674. The van der Waals surface area contributed by atoms with Gasteiger partial charge in [0.2, 0.25) is 0 Å². The van der Waals surface area contributed by atoms with E-state index < -0.39 is 11.8 Å². The number of rotatable bonds is 8. The Bertz CT molecular complexity index is 797. The Morgan fingerprint density at radius 2 is 1.70 bits per heavy atom. The SMILES string of the molecule is CCCOc1ccccc1OCC(=O)NNC(=O)c1cc(Cl)ccc1OC. The van der Waals surface area contributed by atoms with Gasteiger partial charge < -0.3 is 14.2 Å². The van der Waals surface area contributed by atoms with Gasteiger partial charge in [-0.1, -0.05) is 30.7 Å². The summed E-state index contributed by atoms with van der Waals surface area (Å²) in [5.74, 6) is 0.247. The minimum Gasteiger partial charge on any atom is -0.496 e. The first-order valence-electron chi connectivity index (χ1n) is 8.32. The number of carbonyl (C=O) groups is 2. The first-order valence-corrected chi connectivity index (χ1v) is 8.70. The third kappa shape index (κ3) is 6.07. The fraction of sp³-hybridized carbons (Fsp3) is 0.263. The van der Waals surface area contributed by atoms with Crippen LogP contribution < -0.4 is 25.1 Å². The molecule has 7 nitrogen and oxygen atoms in total. The summed E-state index contributed by atoms with van der Waals surface area (Å²) < 4.78 is 16.1. The average Bonchev–Trinajstić information content (AvgIpc) is 2.69. The fourth-order valence-corrected chi connectivity index (χ4v) is 2.30. The Morgan fingerprint density at radius 3 is 2.37 bits per heavy atom. The lowest BCUT2D eigenvalue weighted by Gasteiger charge is -2.13. The predicted octanol–water partition coefficient (Wildman–Crippen LogP) is 2.98. The van der Waals surface area contributed by atoms with Crippen molar-refractivity contribution >= 4 is 23.4 Å². The summed E-state index contributed by atoms with van der Waals surface area (Å²) in [4.78, 5) is 24.2. The molecule has 0 aliphatic rings. The molecule has 0 spiro atoms. The first kappa shape index (κ1) is 20.4. The van der Waals surface area contributed by atoms with Crippen LogP contribution in [0.3, 0.4) is 0 Å². The molecule has 2 aromatic carbocycles. The largest absolute Gasteiger partial charge is 0.496 e. The number of hydrazine groups is 1. The molecule has 0 unspecified atom stereocenters. The number of nitrogens with one attached hydrogen (secondary N) is 2. The minimum absolute atomic E-state index is 0.199. The highest BCUT2D eigenvalue weighted by Gasteiger charge is 2.14. The van der Waals surface area contributed by atoms with E-state index in [0.717, 1.165) is 6.42 Å². The molecule has 0 saturated carbocycles. The number of ether oxygens (including phenoxy) is 3. The molecule has 2 aromatic rings. The molecule has 0 aromatic heterocycles. The molecule has 0 heterocycles. The molecule has 2 N–H and O–H groups in total. The Balaban J connectivity index is 1.88. The summed E-state index contributed by atoms with van der Waals surface area (Å²) in [6.07, 6.45) is 0.855. The lowest BCUT2D eigenvalue weighted by molar-refractivity contribution is -0.123. The van der Waals surface area contributed by atoms with Gasteiger partial charge in [0.1, 0.15) is 5.75 Å². The van der Waals surface area contributed by atoms with Crippen molar-refractivity contribution < 1.29 is 23.8 Å². The van der Waals surface area contributed by atoms with Crippen LogP contribution in [0.2, 0.25) is 5.02 Å². The van der Waals surface area contributed by atoms with Gasteiger partial charge >= 0.3 is 0 Å². The van der Waals surface area contributed by atoms with E-state index in [1.807, 2.05) is 13.0 Å². The molecular weight excluding hydrogens is 372 g/mol. The number of amides is 2. The number of para-hydroxylation sites is 2. The van der Waals surface area contributed by atoms with Gasteiger partial charge in [0.15, 0.2) is 18.1 Å². The smallest absolute Gasteiger partial charge is 0.276 e. The van der Waals surface area contributed by atoms with E-state index in [1.165, 1.54) is 13.2 Å². The van der Waals surface area contributed by atoms with Gasteiger partial charge in [0, 0.05) is 5.02 Å². The fourth-order valence-electron chi connectivity index (χ4n) is 2.13. The van der Waals surface area contributed by atoms with Crippen molar-refractivity contribution in [3.8, 4) is 17.2 Å². The molecule has 0 bridgehead atoms. The second-order valence-corrected chi connectivity index (χ2v) is 5.87. The lowest BCUT2D eigenvalue weighted by Crippen LogP contribution is -2.43. The molecule has 0 radical (unpaired) electrons. The van der Waals surface area contributed by atoms with Gasteiger partial charge in [0.25, 0.3) is 11.8 Å². The van der Waals surface area contributed by atoms with E-state index in [1.54, 1.807) is 30.3 Å². The van der Waals surface area contributed by atoms with E-state index in [4.69, 9.17) is 25.8 Å². The molecule has 27 heavy (non-hydrogen) atoms. The highest BCUT2D eigenvalue weighted by atomic mass is 35.5. The molecule has 2 rings (SSSR count). The molecule has 144 valence electrons. The third-order valence-electron chi connectivity index (χ3n) is 3.39. The standard InChI is InChI=1S/C19H21ClN2O5/c1-3-10-26-16-6-4-5-7-17(16)27-12-18(23)21-22-19(24)14-11-13(20)8-9-15(14)25-2/h4-9,11H,3,10,12H2,1-2H3,(H,21,23)(H,22,24). The summed E-state index contributed by atoms with van der Waals surface area (Å²) >= 11 is 5.89. The van der Waals surface area contributed by atoms with Gasteiger partial charge in [-0.15, -0.1) is 0 Å². The second-order valence-electron chi connectivity index (χ2n) is 5.43. The molecule has 2 amide bonds. The third-order valence-corrected chi connectivity index (χ3v) is 3.63. The predicted molar refractivity (Wildman–Crippen MR) is 101 cm³/mol. The summed E-state index contributed by atoms with van der Waals surface area (Å²) in [6.45, 7) is 2.25. The zero-order valence-corrected chi connectivity index (χ0v) is 15.8. The van der Waals surface area contributed by atoms with E-state index in [-0.39, 0.29) is 12.2 Å². The molecule has 0 saturated heterocycles. The van der Waals surface area contributed by atoms with E-state index in [0.29, 0.717) is 28.9 Å². The minimum atomic E-state index is -0.561. The van der Waals surface area contributed by atoms with Gasteiger partial charge in [-0.05, 0) is 36.8 Å². The van der Waals surface area contributed by atoms with Crippen LogP contribution in [0.5, 0.6) is 17.2 Å². The number of halogens is 1. The summed E-state index contributed by atoms with van der Waals surface area (Å²) in [5.41, 5.74) is 4.78. The molecular formula is C19H21ClN2O5.